The van der Waals surface area contributed by atoms with Gasteiger partial charge < -0.3 is 5.73 Å². The van der Waals surface area contributed by atoms with Crippen molar-refractivity contribution in [2.45, 2.75) is 11.8 Å². The van der Waals surface area contributed by atoms with Crippen LogP contribution in [-0.4, -0.2) is 10.7 Å². The Balaban J connectivity index is 2.81. The molecule has 0 spiro atoms. The molecule has 0 saturated heterocycles. The fraction of sp³-hybridized carbons (Fsp3) is 0.286. The molecule has 0 aromatic carbocycles. The van der Waals surface area contributed by atoms with E-state index < -0.39 is 0 Å². The molecule has 0 amide bonds. The van der Waals surface area contributed by atoms with Gasteiger partial charge >= 0.3 is 0 Å². The Morgan fingerprint density at radius 2 is 2.50 bits per heavy atom. The lowest BCUT2D eigenvalue weighted by molar-refractivity contribution is 1.24. The average molecular weight is 154 g/mol. The molecule has 0 aliphatic carbocycles. The standard InChI is InChI=1S/C7H10N2S/c1-2-10-7-5-9-4-3-6(7)8/h3-5H,2H2,1H3,(H2,8,9). The molecule has 0 fully saturated rings. The first-order valence-corrected chi connectivity index (χ1v) is 4.15. The monoisotopic (exact) mass is 154 g/mol. The summed E-state index contributed by atoms with van der Waals surface area (Å²) in [6.07, 6.45) is 3.50. The van der Waals surface area contributed by atoms with E-state index in [0.717, 1.165) is 16.3 Å². The summed E-state index contributed by atoms with van der Waals surface area (Å²) in [6, 6.07) is 1.82. The van der Waals surface area contributed by atoms with Gasteiger partial charge in [0.15, 0.2) is 0 Å². The highest BCUT2D eigenvalue weighted by Gasteiger charge is 1.94. The second kappa shape index (κ2) is 3.46. The van der Waals surface area contributed by atoms with Gasteiger partial charge in [-0.1, -0.05) is 6.92 Å². The van der Waals surface area contributed by atoms with Crippen LogP contribution in [0.1, 0.15) is 6.92 Å². The Kier molecular flexibility index (Phi) is 2.57. The Labute approximate surface area is 64.8 Å². The van der Waals surface area contributed by atoms with Crippen LogP contribution in [0.2, 0.25) is 0 Å². The van der Waals surface area contributed by atoms with Gasteiger partial charge in [0.1, 0.15) is 0 Å². The third-order valence-electron chi connectivity index (χ3n) is 1.12. The number of hydrogen-bond acceptors (Lipinski definition) is 3. The van der Waals surface area contributed by atoms with Crippen LogP contribution in [0.15, 0.2) is 23.4 Å². The summed E-state index contributed by atoms with van der Waals surface area (Å²) >= 11 is 1.71. The van der Waals surface area contributed by atoms with Crippen molar-refractivity contribution in [3.63, 3.8) is 0 Å². The zero-order valence-electron chi connectivity index (χ0n) is 5.87. The van der Waals surface area contributed by atoms with Crippen LogP contribution in [0.25, 0.3) is 0 Å². The van der Waals surface area contributed by atoms with Crippen LogP contribution in [0.5, 0.6) is 0 Å². The minimum Gasteiger partial charge on any atom is -0.398 e. The largest absolute Gasteiger partial charge is 0.398 e. The number of thioether (sulfide) groups is 1. The van der Waals surface area contributed by atoms with E-state index in [2.05, 4.69) is 11.9 Å². The van der Waals surface area contributed by atoms with Crippen molar-refractivity contribution in [3.8, 4) is 0 Å². The van der Waals surface area contributed by atoms with E-state index in [-0.39, 0.29) is 0 Å². The molecule has 0 atom stereocenters. The van der Waals surface area contributed by atoms with Gasteiger partial charge in [-0.25, -0.2) is 0 Å². The quantitative estimate of drug-likeness (QED) is 0.660. The zero-order chi connectivity index (χ0) is 7.40. The first-order chi connectivity index (χ1) is 4.84. The molecule has 0 unspecified atom stereocenters. The third kappa shape index (κ3) is 1.64. The summed E-state index contributed by atoms with van der Waals surface area (Å²) < 4.78 is 0. The van der Waals surface area contributed by atoms with Crippen molar-refractivity contribution < 1.29 is 0 Å². The van der Waals surface area contributed by atoms with Gasteiger partial charge in [-0.2, -0.15) is 0 Å². The first kappa shape index (κ1) is 7.41. The molecular weight excluding hydrogens is 144 g/mol. The summed E-state index contributed by atoms with van der Waals surface area (Å²) in [5, 5.41) is 0. The molecule has 1 aromatic heterocycles. The van der Waals surface area contributed by atoms with Crippen LogP contribution in [0.4, 0.5) is 5.69 Å². The van der Waals surface area contributed by atoms with E-state index in [0.29, 0.717) is 0 Å². The van der Waals surface area contributed by atoms with Crippen molar-refractivity contribution >= 4 is 17.4 Å². The van der Waals surface area contributed by atoms with Crippen LogP contribution in [0.3, 0.4) is 0 Å². The molecule has 2 nitrogen and oxygen atoms in total. The van der Waals surface area contributed by atoms with Gasteiger partial charge in [0.2, 0.25) is 0 Å². The van der Waals surface area contributed by atoms with Crippen molar-refractivity contribution in [1.82, 2.24) is 4.98 Å². The lowest BCUT2D eigenvalue weighted by Gasteiger charge is -1.99. The van der Waals surface area contributed by atoms with E-state index >= 15 is 0 Å². The number of hydrogen-bond donors (Lipinski definition) is 1. The maximum Gasteiger partial charge on any atom is 0.0486 e. The molecule has 2 N–H and O–H groups in total. The molecule has 0 aliphatic heterocycles. The van der Waals surface area contributed by atoms with Crippen LogP contribution < -0.4 is 5.73 Å². The Hall–Kier alpha value is -0.700. The van der Waals surface area contributed by atoms with E-state index in [4.69, 9.17) is 5.73 Å². The summed E-state index contributed by atoms with van der Waals surface area (Å²) in [7, 11) is 0. The van der Waals surface area contributed by atoms with Crippen LogP contribution in [-0.2, 0) is 0 Å². The minimum atomic E-state index is 0.821. The molecule has 1 rings (SSSR count). The highest BCUT2D eigenvalue weighted by atomic mass is 32.2. The van der Waals surface area contributed by atoms with Gasteiger partial charge in [-0.15, -0.1) is 11.8 Å². The fourth-order valence-electron chi connectivity index (χ4n) is 0.667. The topological polar surface area (TPSA) is 38.9 Å². The van der Waals surface area contributed by atoms with Gasteiger partial charge in [0.25, 0.3) is 0 Å². The highest BCUT2D eigenvalue weighted by Crippen LogP contribution is 2.22. The smallest absolute Gasteiger partial charge is 0.0486 e. The van der Waals surface area contributed by atoms with Gasteiger partial charge in [-0.05, 0) is 11.8 Å². The second-order valence-electron chi connectivity index (χ2n) is 1.85. The van der Waals surface area contributed by atoms with Crippen molar-refractivity contribution in [3.05, 3.63) is 18.5 Å². The summed E-state index contributed by atoms with van der Waals surface area (Å²) in [5.41, 5.74) is 6.47. The molecule has 0 aliphatic rings. The summed E-state index contributed by atoms with van der Waals surface area (Å²) in [5.74, 6) is 1.04. The van der Waals surface area contributed by atoms with Crippen LogP contribution in [0, 0.1) is 0 Å². The highest BCUT2D eigenvalue weighted by molar-refractivity contribution is 7.99. The molecule has 0 saturated carbocycles. The molecule has 10 heavy (non-hydrogen) atoms. The summed E-state index contributed by atoms with van der Waals surface area (Å²) in [4.78, 5) is 5.04. The number of aromatic nitrogens is 1. The van der Waals surface area contributed by atoms with Gasteiger partial charge in [0.05, 0.1) is 0 Å². The average Bonchev–Trinajstić information content (AvgIpc) is 1.94. The number of nitrogens with zero attached hydrogens (tertiary/aromatic N) is 1. The van der Waals surface area contributed by atoms with E-state index in [1.54, 1.807) is 24.2 Å². The maximum absolute atomic E-state index is 5.65. The first-order valence-electron chi connectivity index (χ1n) is 3.17. The number of rotatable bonds is 2. The third-order valence-corrected chi connectivity index (χ3v) is 2.06. The van der Waals surface area contributed by atoms with Gasteiger partial charge in [0, 0.05) is 23.0 Å². The predicted octanol–water partition coefficient (Wildman–Crippen LogP) is 1.78. The van der Waals surface area contributed by atoms with Crippen molar-refractivity contribution in [2.24, 2.45) is 0 Å². The lowest BCUT2D eigenvalue weighted by atomic mass is 10.4. The second-order valence-corrected chi connectivity index (χ2v) is 3.15. The number of pyridine rings is 1. The summed E-state index contributed by atoms with van der Waals surface area (Å²) in [6.45, 7) is 2.09. The molecule has 54 valence electrons. The number of nitrogen functional groups attached to an aromatic ring is 1. The Bertz CT molecular complexity index is 213. The minimum absolute atomic E-state index is 0.821. The van der Waals surface area contributed by atoms with E-state index in [1.807, 2.05) is 6.07 Å². The molecule has 3 heteroatoms. The molecule has 1 aromatic rings. The number of nitrogens with two attached hydrogens (primary N) is 1. The van der Waals surface area contributed by atoms with Crippen molar-refractivity contribution in [1.29, 1.82) is 0 Å². The molecule has 0 bridgehead atoms. The maximum atomic E-state index is 5.65. The normalized spacial score (nSPS) is 9.70. The SMILES string of the molecule is CCSc1cnccc1N. The lowest BCUT2D eigenvalue weighted by Crippen LogP contribution is -1.88. The van der Waals surface area contributed by atoms with Crippen LogP contribution >= 0.6 is 11.8 Å². The number of anilines is 1. The van der Waals surface area contributed by atoms with E-state index in [9.17, 15) is 0 Å². The fourth-order valence-corrected chi connectivity index (χ4v) is 1.35. The van der Waals surface area contributed by atoms with Gasteiger partial charge in [-0.3, -0.25) is 4.98 Å². The predicted molar refractivity (Wildman–Crippen MR) is 45.0 cm³/mol. The van der Waals surface area contributed by atoms with Crippen molar-refractivity contribution in [2.75, 3.05) is 11.5 Å². The molecular formula is C7H10N2S. The zero-order valence-corrected chi connectivity index (χ0v) is 6.69. The Morgan fingerprint density at radius 3 is 3.10 bits per heavy atom. The molecule has 1 heterocycles. The Morgan fingerprint density at radius 1 is 1.70 bits per heavy atom. The molecule has 0 radical (unpaired) electrons. The van der Waals surface area contributed by atoms with E-state index in [1.165, 1.54) is 0 Å².